The van der Waals surface area contributed by atoms with E-state index >= 15 is 0 Å². The number of ether oxygens (including phenoxy) is 3. The van der Waals surface area contributed by atoms with Gasteiger partial charge in [0.05, 0.1) is 0 Å². The highest BCUT2D eigenvalue weighted by molar-refractivity contribution is 5.72. The van der Waals surface area contributed by atoms with Crippen LogP contribution in [-0.4, -0.2) is 73.5 Å². The summed E-state index contributed by atoms with van der Waals surface area (Å²) in [7, 11) is 0. The van der Waals surface area contributed by atoms with Gasteiger partial charge in [0, 0.05) is 35.8 Å². The Balaban J connectivity index is 1.05. The maximum absolute atomic E-state index is 12.9. The first kappa shape index (κ1) is 69.7. The zero-order valence-electron chi connectivity index (χ0n) is 57.8. The number of aryl methyl sites for hydroxylation is 4. The lowest BCUT2D eigenvalue weighted by Crippen LogP contribution is -2.16. The summed E-state index contributed by atoms with van der Waals surface area (Å²) in [4.78, 5) is 37.9. The molecule has 0 atom stereocenters. The molecule has 0 heterocycles. The first-order valence-corrected chi connectivity index (χ1v) is 36.2. The van der Waals surface area contributed by atoms with Crippen molar-refractivity contribution >= 4 is 17.9 Å². The molecule has 0 unspecified atom stereocenters. The van der Waals surface area contributed by atoms with E-state index in [0.717, 1.165) is 217 Å². The van der Waals surface area contributed by atoms with E-state index in [1.54, 1.807) is 0 Å². The van der Waals surface area contributed by atoms with Crippen LogP contribution in [0.1, 0.15) is 264 Å². The molecule has 99 heavy (non-hydrogen) atoms. The monoisotopic (exact) mass is 1340 g/mol. The summed E-state index contributed by atoms with van der Waals surface area (Å²) in [5.41, 5.74) is 16.6. The average molecular weight is 1340 g/mol. The third kappa shape index (κ3) is 16.1. The fourth-order valence-corrected chi connectivity index (χ4v) is 17.1. The van der Waals surface area contributed by atoms with Crippen LogP contribution in [0.15, 0.2) is 127 Å². The van der Waals surface area contributed by atoms with Gasteiger partial charge in [-0.3, -0.25) is 0 Å². The molecule has 13 heteroatoms. The molecule has 0 aromatic heterocycles. The Kier molecular flexibility index (Phi) is 22.0. The number of hydrogen-bond donors (Lipinski definition) is 7. The lowest BCUT2D eigenvalue weighted by Gasteiger charge is -2.30. The molecule has 4 fully saturated rings. The predicted octanol–water partition coefficient (Wildman–Crippen LogP) is 19.5. The summed E-state index contributed by atoms with van der Waals surface area (Å²) in [6.45, 7) is 6.12. The van der Waals surface area contributed by atoms with E-state index in [9.17, 15) is 50.1 Å². The van der Waals surface area contributed by atoms with Gasteiger partial charge < -0.3 is 50.0 Å². The van der Waals surface area contributed by atoms with E-state index in [1.807, 2.05) is 119 Å². The Morgan fingerprint density at radius 3 is 0.960 bits per heavy atom. The smallest absolute Gasteiger partial charge is 0.341 e. The molecule has 13 nitrogen and oxygen atoms in total. The Labute approximate surface area is 582 Å². The zero-order valence-corrected chi connectivity index (χ0v) is 57.8. The summed E-state index contributed by atoms with van der Waals surface area (Å²) in [6, 6.07) is 41.7. The van der Waals surface area contributed by atoms with Gasteiger partial charge in [0.15, 0.2) is 19.8 Å². The van der Waals surface area contributed by atoms with Gasteiger partial charge in [-0.1, -0.05) is 156 Å². The van der Waals surface area contributed by atoms with E-state index < -0.39 is 49.6 Å². The number of aromatic hydroxyl groups is 4. The van der Waals surface area contributed by atoms with Gasteiger partial charge >= 0.3 is 17.9 Å². The summed E-state index contributed by atoms with van der Waals surface area (Å²) in [5, 5.41) is 78.3. The Morgan fingerprint density at radius 2 is 0.657 bits per heavy atom. The van der Waals surface area contributed by atoms with Gasteiger partial charge in [0.1, 0.15) is 40.2 Å². The molecule has 0 aliphatic heterocycles. The number of carboxylic acids is 3. The number of phenolic OH excluding ortho intramolecular Hbond substituents is 4. The Bertz CT molecular complexity index is 3850. The Morgan fingerprint density at radius 1 is 0.354 bits per heavy atom. The lowest BCUT2D eigenvalue weighted by molar-refractivity contribution is -0.140. The van der Waals surface area contributed by atoms with Gasteiger partial charge in [-0.25, -0.2) is 14.4 Å². The van der Waals surface area contributed by atoms with Crippen LogP contribution < -0.4 is 14.2 Å². The molecule has 0 amide bonds. The molecular weight excluding hydrogens is 1240 g/mol. The van der Waals surface area contributed by atoms with Crippen molar-refractivity contribution in [1.82, 2.24) is 0 Å². The van der Waals surface area contributed by atoms with E-state index in [2.05, 4.69) is 36.4 Å². The number of carbonyl (C=O) groups is 3. The van der Waals surface area contributed by atoms with Crippen molar-refractivity contribution in [2.75, 3.05) is 19.8 Å². The van der Waals surface area contributed by atoms with E-state index in [0.29, 0.717) is 39.5 Å². The lowest BCUT2D eigenvalue weighted by atomic mass is 9.75. The quantitative estimate of drug-likeness (QED) is 0.0280. The summed E-state index contributed by atoms with van der Waals surface area (Å²) < 4.78 is 19.3. The van der Waals surface area contributed by atoms with Gasteiger partial charge in [0.2, 0.25) is 0 Å². The van der Waals surface area contributed by atoms with Crippen LogP contribution in [0.2, 0.25) is 0 Å². The largest absolute Gasteiger partial charge is 0.508 e. The molecule has 4 aliphatic rings. The van der Waals surface area contributed by atoms with Gasteiger partial charge in [-0.2, -0.15) is 0 Å². The molecule has 7 N–H and O–H groups in total. The number of carboxylic acid groups (broad SMARTS) is 3. The summed E-state index contributed by atoms with van der Waals surface area (Å²) in [5.74, 6) is -1.98. The number of rotatable bonds is 24. The van der Waals surface area contributed by atoms with Crippen molar-refractivity contribution in [2.45, 2.75) is 204 Å². The highest BCUT2D eigenvalue weighted by Gasteiger charge is 2.34. The van der Waals surface area contributed by atoms with Crippen molar-refractivity contribution in [3.8, 4) is 51.4 Å². The van der Waals surface area contributed by atoms with Crippen molar-refractivity contribution < 1.29 is 64.3 Å². The van der Waals surface area contributed by atoms with Crippen molar-refractivity contribution in [1.29, 1.82) is 0 Å². The first-order chi connectivity index (χ1) is 47.8. The number of phenols is 4. The molecule has 0 spiro atoms. The number of hydrogen-bond acceptors (Lipinski definition) is 10. The van der Waals surface area contributed by atoms with E-state index in [4.69, 9.17) is 14.2 Å². The minimum absolute atomic E-state index is 0.142. The number of benzene rings is 8. The van der Waals surface area contributed by atoms with Crippen molar-refractivity contribution in [2.24, 2.45) is 0 Å². The average Bonchev–Trinajstić information content (AvgIpc) is 0.759. The highest BCUT2D eigenvalue weighted by atomic mass is 16.5. The summed E-state index contributed by atoms with van der Waals surface area (Å²) >= 11 is 0. The standard InChI is InChI=1S/C86H96O13/c1-51-34-75(87)69(58-22-12-6-13-23-58)44-65(51)84(66-45-70(76(88)35-52(66)2)59-24-14-7-15-25-59)73-40-55(30-32-79(73)97-48-81(91)92)38-63-42-62(57-20-10-5-11-21-57)43-64(86(63)99-50-83(95)96)39-56-31-33-80(98-49-82(93)94)74(41-56)85(67-46-71(77(89)36-53(67)3)60-26-16-8-17-27-60)68-47-72(78(90)37-54(68)4)61-28-18-9-19-29-61/h5,10-11,20-21,30-37,40-47,58-61,84-85,87-90H,6-9,12-19,22-29,38-39,48-50H2,1-4H3,(H,91,92)(H,93,94)(H,95,96). The topological polar surface area (TPSA) is 221 Å². The van der Waals surface area contributed by atoms with E-state index in [1.165, 1.54) is 0 Å². The van der Waals surface area contributed by atoms with Crippen LogP contribution in [0.3, 0.4) is 0 Å². The molecule has 8 aromatic rings. The fraction of sp³-hybridized carbons (Fsp3) is 0.407. The SMILES string of the molecule is Cc1cc(O)c(C2CCCCC2)cc1C(c1cc(C2CCCCC2)c(O)cc1C)c1cc(Cc2cc(-c3ccccc3)cc(Cc3ccc(OCC(=O)O)c(C(c4cc(C5CCCCC5)c(O)cc4C)c4cc(C5CCCCC5)c(O)cc4C)c3)c2OCC(=O)O)ccc1OCC(=O)O. The molecule has 0 saturated heterocycles. The molecule has 518 valence electrons. The maximum atomic E-state index is 12.9. The zero-order chi connectivity index (χ0) is 69.4. The molecule has 4 saturated carbocycles. The van der Waals surface area contributed by atoms with Gasteiger partial charge in [0.25, 0.3) is 0 Å². The van der Waals surface area contributed by atoms with Gasteiger partial charge in [-0.05, 0) is 251 Å². The van der Waals surface area contributed by atoms with Crippen LogP contribution in [0.5, 0.6) is 40.2 Å². The van der Waals surface area contributed by atoms with E-state index in [-0.39, 0.29) is 59.5 Å². The van der Waals surface area contributed by atoms with Crippen molar-refractivity contribution in [3.63, 3.8) is 0 Å². The molecule has 4 aliphatic carbocycles. The second-order valence-electron chi connectivity index (χ2n) is 28.9. The normalized spacial score (nSPS) is 15.9. The third-order valence-corrected chi connectivity index (χ3v) is 22.0. The third-order valence-electron chi connectivity index (χ3n) is 22.0. The highest BCUT2D eigenvalue weighted by Crippen LogP contribution is 2.51. The van der Waals surface area contributed by atoms with Crippen LogP contribution in [0, 0.1) is 27.7 Å². The molecule has 0 radical (unpaired) electrons. The molecular formula is C86H96O13. The second-order valence-corrected chi connectivity index (χ2v) is 28.9. The van der Waals surface area contributed by atoms with Crippen LogP contribution >= 0.6 is 0 Å². The second kappa shape index (κ2) is 31.3. The predicted molar refractivity (Wildman–Crippen MR) is 386 cm³/mol. The maximum Gasteiger partial charge on any atom is 0.341 e. The summed E-state index contributed by atoms with van der Waals surface area (Å²) in [6.07, 6.45) is 21.0. The van der Waals surface area contributed by atoms with Crippen LogP contribution in [0.4, 0.5) is 0 Å². The van der Waals surface area contributed by atoms with Crippen LogP contribution in [-0.2, 0) is 27.2 Å². The Hall–Kier alpha value is -9.23. The molecule has 8 aromatic carbocycles. The molecule has 12 rings (SSSR count). The van der Waals surface area contributed by atoms with Crippen molar-refractivity contribution in [3.05, 3.63) is 228 Å². The van der Waals surface area contributed by atoms with Crippen LogP contribution in [0.25, 0.3) is 11.1 Å². The van der Waals surface area contributed by atoms with Gasteiger partial charge in [-0.15, -0.1) is 0 Å². The minimum atomic E-state index is -1.17. The fourth-order valence-electron chi connectivity index (χ4n) is 17.1. The molecule has 0 bridgehead atoms. The first-order valence-electron chi connectivity index (χ1n) is 36.2. The number of aliphatic carboxylic acids is 3. The minimum Gasteiger partial charge on any atom is -0.508 e.